The standard InChI is InChI=1S/C14H7BrClF4NO2.C2H7NO/c15-8-3-6(14(18,19)20)1-2-11(8)21-13(23)7-4-9(16)10(17)5-12(7)22;3-1-2-4/h1-5,22H,(H,21,23);4H,1-3H2. The van der Waals surface area contributed by atoms with Crippen molar-refractivity contribution < 1.29 is 32.6 Å². The molecule has 0 saturated carbocycles. The topological polar surface area (TPSA) is 95.6 Å². The zero-order chi connectivity index (χ0) is 20.8. The van der Waals surface area contributed by atoms with Crippen molar-refractivity contribution in [1.29, 1.82) is 0 Å². The zero-order valence-corrected chi connectivity index (χ0v) is 15.8. The number of aromatic hydroxyl groups is 1. The number of amides is 1. The third-order valence-electron chi connectivity index (χ3n) is 2.96. The fourth-order valence-electron chi connectivity index (χ4n) is 1.70. The lowest BCUT2D eigenvalue weighted by Crippen LogP contribution is -2.13. The van der Waals surface area contributed by atoms with Crippen molar-refractivity contribution in [2.24, 2.45) is 5.73 Å². The molecule has 0 bridgehead atoms. The molecular weight excluding hydrogens is 460 g/mol. The van der Waals surface area contributed by atoms with Gasteiger partial charge in [-0.1, -0.05) is 11.6 Å². The van der Waals surface area contributed by atoms with E-state index < -0.39 is 29.2 Å². The number of phenolic OH excluding ortho intramolecular Hbond substituents is 1. The van der Waals surface area contributed by atoms with E-state index in [9.17, 15) is 27.5 Å². The second kappa shape index (κ2) is 9.88. The highest BCUT2D eigenvalue weighted by Crippen LogP contribution is 2.34. The maximum absolute atomic E-state index is 13.1. The van der Waals surface area contributed by atoms with Crippen LogP contribution in [0.15, 0.2) is 34.8 Å². The van der Waals surface area contributed by atoms with E-state index in [1.165, 1.54) is 0 Å². The third-order valence-corrected chi connectivity index (χ3v) is 3.90. The van der Waals surface area contributed by atoms with E-state index in [2.05, 4.69) is 21.2 Å². The van der Waals surface area contributed by atoms with Gasteiger partial charge in [0.2, 0.25) is 0 Å². The summed E-state index contributed by atoms with van der Waals surface area (Å²) >= 11 is 8.46. The molecule has 0 atom stereocenters. The van der Waals surface area contributed by atoms with E-state index in [0.29, 0.717) is 12.6 Å². The van der Waals surface area contributed by atoms with Gasteiger partial charge in [0.1, 0.15) is 11.6 Å². The Morgan fingerprint density at radius 3 is 2.33 bits per heavy atom. The molecule has 0 saturated heterocycles. The molecule has 0 aliphatic rings. The largest absolute Gasteiger partial charge is 0.507 e. The summed E-state index contributed by atoms with van der Waals surface area (Å²) < 4.78 is 50.8. The van der Waals surface area contributed by atoms with E-state index in [0.717, 1.165) is 24.3 Å². The highest BCUT2D eigenvalue weighted by molar-refractivity contribution is 9.10. The minimum Gasteiger partial charge on any atom is -0.507 e. The van der Waals surface area contributed by atoms with Crippen LogP contribution in [0.4, 0.5) is 23.2 Å². The number of anilines is 1. The number of phenols is 1. The Balaban J connectivity index is 0.000000828. The van der Waals surface area contributed by atoms with Crippen molar-refractivity contribution >= 4 is 39.1 Å². The first kappa shape index (κ1) is 23.2. The minimum atomic E-state index is -4.52. The number of halogens is 6. The SMILES string of the molecule is NCCO.O=C(Nc1ccc(C(F)(F)F)cc1Br)c1cc(Cl)c(F)cc1O. The van der Waals surface area contributed by atoms with Gasteiger partial charge in [-0.25, -0.2) is 4.39 Å². The number of nitrogens with one attached hydrogen (secondary N) is 1. The molecule has 148 valence electrons. The first-order valence-corrected chi connectivity index (χ1v) is 8.35. The summed E-state index contributed by atoms with van der Waals surface area (Å²) in [6.07, 6.45) is -4.52. The maximum atomic E-state index is 13.1. The van der Waals surface area contributed by atoms with Crippen LogP contribution in [0, 0.1) is 5.82 Å². The Kier molecular flexibility index (Phi) is 8.48. The van der Waals surface area contributed by atoms with Crippen LogP contribution in [0.1, 0.15) is 15.9 Å². The number of hydrogen-bond acceptors (Lipinski definition) is 4. The Hall–Kier alpha value is -1.88. The van der Waals surface area contributed by atoms with E-state index >= 15 is 0 Å². The number of aliphatic hydroxyl groups is 1. The van der Waals surface area contributed by atoms with Gasteiger partial charge >= 0.3 is 6.18 Å². The number of alkyl halides is 3. The van der Waals surface area contributed by atoms with Crippen LogP contribution < -0.4 is 11.1 Å². The number of hydrogen-bond donors (Lipinski definition) is 4. The predicted molar refractivity (Wildman–Crippen MR) is 96.3 cm³/mol. The monoisotopic (exact) mass is 472 g/mol. The lowest BCUT2D eigenvalue weighted by atomic mass is 10.1. The molecule has 5 N–H and O–H groups in total. The molecule has 11 heteroatoms. The molecule has 0 heterocycles. The Labute approximate surface area is 164 Å². The predicted octanol–water partition coefficient (Wildman–Crippen LogP) is 4.16. The van der Waals surface area contributed by atoms with Crippen molar-refractivity contribution in [2.75, 3.05) is 18.5 Å². The quantitative estimate of drug-likeness (QED) is 0.504. The van der Waals surface area contributed by atoms with Crippen LogP contribution in [0.2, 0.25) is 5.02 Å². The van der Waals surface area contributed by atoms with Gasteiger partial charge in [-0.2, -0.15) is 13.2 Å². The molecular formula is C16H14BrClF4N2O3. The highest BCUT2D eigenvalue weighted by atomic mass is 79.9. The summed E-state index contributed by atoms with van der Waals surface area (Å²) in [5.41, 5.74) is 3.61. The van der Waals surface area contributed by atoms with Gasteiger partial charge in [0.15, 0.2) is 0 Å². The Morgan fingerprint density at radius 2 is 1.85 bits per heavy atom. The van der Waals surface area contributed by atoms with E-state index in [4.69, 9.17) is 22.4 Å². The van der Waals surface area contributed by atoms with E-state index in [1.54, 1.807) is 0 Å². The van der Waals surface area contributed by atoms with Crippen LogP contribution >= 0.6 is 27.5 Å². The Morgan fingerprint density at radius 1 is 1.26 bits per heavy atom. The van der Waals surface area contributed by atoms with Gasteiger partial charge in [0.25, 0.3) is 5.91 Å². The normalized spacial score (nSPS) is 10.8. The molecule has 2 rings (SSSR count). The van der Waals surface area contributed by atoms with E-state index in [-0.39, 0.29) is 27.4 Å². The average Bonchev–Trinajstić information content (AvgIpc) is 2.59. The van der Waals surface area contributed by atoms with Crippen molar-refractivity contribution in [1.82, 2.24) is 0 Å². The lowest BCUT2D eigenvalue weighted by molar-refractivity contribution is -0.137. The van der Waals surface area contributed by atoms with Crippen LogP contribution in [0.5, 0.6) is 5.75 Å². The lowest BCUT2D eigenvalue weighted by Gasteiger charge is -2.12. The first-order valence-electron chi connectivity index (χ1n) is 7.18. The molecule has 0 fully saturated rings. The number of benzene rings is 2. The van der Waals surface area contributed by atoms with Gasteiger partial charge in [-0.05, 0) is 40.2 Å². The van der Waals surface area contributed by atoms with Crippen LogP contribution in [-0.4, -0.2) is 29.3 Å². The molecule has 0 radical (unpaired) electrons. The summed E-state index contributed by atoms with van der Waals surface area (Å²) in [6, 6.07) is 4.22. The molecule has 0 spiro atoms. The van der Waals surface area contributed by atoms with Gasteiger partial charge in [0, 0.05) is 17.1 Å². The Bertz CT molecular complexity index is 817. The fraction of sp³-hybridized carbons (Fsp3) is 0.188. The number of carbonyl (C=O) groups excluding carboxylic acids is 1. The van der Waals surface area contributed by atoms with Crippen molar-refractivity contribution in [3.05, 3.63) is 56.8 Å². The molecule has 0 aliphatic carbocycles. The number of carbonyl (C=O) groups is 1. The van der Waals surface area contributed by atoms with Crippen molar-refractivity contribution in [3.63, 3.8) is 0 Å². The van der Waals surface area contributed by atoms with Gasteiger partial charge in [0.05, 0.1) is 28.4 Å². The molecule has 0 aromatic heterocycles. The number of aliphatic hydroxyl groups excluding tert-OH is 1. The zero-order valence-electron chi connectivity index (χ0n) is 13.4. The second-order valence-corrected chi connectivity index (χ2v) is 6.20. The molecule has 1 amide bonds. The molecule has 0 aliphatic heterocycles. The van der Waals surface area contributed by atoms with Crippen LogP contribution in [0.25, 0.3) is 0 Å². The fourth-order valence-corrected chi connectivity index (χ4v) is 2.34. The van der Waals surface area contributed by atoms with E-state index in [1.807, 2.05) is 0 Å². The average molecular weight is 474 g/mol. The van der Waals surface area contributed by atoms with Crippen LogP contribution in [-0.2, 0) is 6.18 Å². The van der Waals surface area contributed by atoms with Gasteiger partial charge < -0.3 is 21.3 Å². The smallest absolute Gasteiger partial charge is 0.416 e. The summed E-state index contributed by atoms with van der Waals surface area (Å²) in [5, 5.41) is 19.2. The highest BCUT2D eigenvalue weighted by Gasteiger charge is 2.31. The maximum Gasteiger partial charge on any atom is 0.416 e. The van der Waals surface area contributed by atoms with Gasteiger partial charge in [-0.15, -0.1) is 0 Å². The first-order chi connectivity index (χ1) is 12.5. The molecule has 2 aromatic carbocycles. The molecule has 0 unspecified atom stereocenters. The van der Waals surface area contributed by atoms with Crippen molar-refractivity contribution in [2.45, 2.75) is 6.18 Å². The second-order valence-electron chi connectivity index (χ2n) is 4.94. The minimum absolute atomic E-state index is 0.00614. The van der Waals surface area contributed by atoms with Crippen molar-refractivity contribution in [3.8, 4) is 5.75 Å². The molecule has 2 aromatic rings. The number of rotatable bonds is 3. The summed E-state index contributed by atoms with van der Waals surface area (Å²) in [4.78, 5) is 12.0. The summed E-state index contributed by atoms with van der Waals surface area (Å²) in [6.45, 7) is 0.472. The number of nitrogens with two attached hydrogens (primary N) is 1. The van der Waals surface area contributed by atoms with Gasteiger partial charge in [-0.3, -0.25) is 4.79 Å². The third kappa shape index (κ3) is 6.65. The molecule has 27 heavy (non-hydrogen) atoms. The summed E-state index contributed by atoms with van der Waals surface area (Å²) in [5.74, 6) is -2.41. The summed E-state index contributed by atoms with van der Waals surface area (Å²) in [7, 11) is 0. The molecule has 5 nitrogen and oxygen atoms in total. The van der Waals surface area contributed by atoms with Crippen LogP contribution in [0.3, 0.4) is 0 Å².